The van der Waals surface area contributed by atoms with Crippen LogP contribution in [-0.4, -0.2) is 98.7 Å². The van der Waals surface area contributed by atoms with Crippen molar-refractivity contribution >= 4 is 29.7 Å². The van der Waals surface area contributed by atoms with Crippen LogP contribution in [0.1, 0.15) is 45.7 Å². The van der Waals surface area contributed by atoms with Gasteiger partial charge in [0.2, 0.25) is 11.8 Å². The number of ether oxygens (including phenoxy) is 1. The van der Waals surface area contributed by atoms with Crippen LogP contribution in [0.25, 0.3) is 5.69 Å². The van der Waals surface area contributed by atoms with Crippen molar-refractivity contribution in [1.82, 2.24) is 35.0 Å². The molecule has 2 unspecified atom stereocenters. The number of nitrogens with one attached hydrogen (secondary N) is 1. The van der Waals surface area contributed by atoms with E-state index in [-0.39, 0.29) is 55.5 Å². The van der Waals surface area contributed by atoms with Gasteiger partial charge in [0, 0.05) is 45.6 Å². The van der Waals surface area contributed by atoms with Gasteiger partial charge in [-0.15, -0.1) is 5.10 Å². The third-order valence-electron chi connectivity index (χ3n) is 6.55. The molecule has 1 aromatic heterocycles. The Morgan fingerprint density at radius 1 is 1.17 bits per heavy atom. The van der Waals surface area contributed by atoms with Gasteiger partial charge in [0.1, 0.15) is 12.1 Å². The predicted molar refractivity (Wildman–Crippen MR) is 122 cm³/mol. The van der Waals surface area contributed by atoms with Crippen molar-refractivity contribution in [2.24, 2.45) is 0 Å². The lowest BCUT2D eigenvalue weighted by molar-refractivity contribution is -0.136. The molecule has 2 aromatic rings. The molecule has 2 fully saturated rings. The normalized spacial score (nSPS) is 21.4. The Hall–Kier alpha value is -4.29. The van der Waals surface area contributed by atoms with Crippen LogP contribution in [0.4, 0.5) is 4.79 Å². The summed E-state index contributed by atoms with van der Waals surface area (Å²) in [6, 6.07) is 4.43. The lowest BCUT2D eigenvalue weighted by Crippen LogP contribution is -2.52. The van der Waals surface area contributed by atoms with Crippen LogP contribution in [0.3, 0.4) is 0 Å². The van der Waals surface area contributed by atoms with E-state index in [0.717, 1.165) is 5.56 Å². The summed E-state index contributed by atoms with van der Waals surface area (Å²) in [5.74, 6) is -1.38. The number of hydrogen-bond donors (Lipinski definition) is 1. The van der Waals surface area contributed by atoms with Crippen molar-refractivity contribution < 1.29 is 28.7 Å². The summed E-state index contributed by atoms with van der Waals surface area (Å²) >= 11 is 0. The SMILES string of the molecule is CN(C)C(=O)OC1CCN(C(=O)c2cn(-c3ccc4c(c3)CN(C3CCC(=O)NC3=O)C4=O)nn2)C1. The van der Waals surface area contributed by atoms with Gasteiger partial charge >= 0.3 is 6.09 Å². The number of nitrogens with zero attached hydrogens (tertiary/aromatic N) is 6. The fraction of sp³-hybridized carbons (Fsp3) is 0.435. The Morgan fingerprint density at radius 3 is 2.72 bits per heavy atom. The average molecular weight is 495 g/mol. The summed E-state index contributed by atoms with van der Waals surface area (Å²) in [4.78, 5) is 65.6. The number of fused-ring (bicyclic) bond motifs is 1. The number of imide groups is 1. The summed E-state index contributed by atoms with van der Waals surface area (Å²) in [5, 5.41) is 10.4. The molecule has 0 saturated carbocycles. The highest BCUT2D eigenvalue weighted by atomic mass is 16.6. The van der Waals surface area contributed by atoms with Crippen molar-refractivity contribution in [1.29, 1.82) is 0 Å². The molecule has 36 heavy (non-hydrogen) atoms. The number of carbonyl (C=O) groups is 5. The fourth-order valence-electron chi connectivity index (χ4n) is 4.61. The zero-order valence-corrected chi connectivity index (χ0v) is 19.8. The summed E-state index contributed by atoms with van der Waals surface area (Å²) < 4.78 is 6.81. The second-order valence-electron chi connectivity index (χ2n) is 9.23. The minimum atomic E-state index is -0.692. The van der Waals surface area contributed by atoms with Crippen molar-refractivity contribution in [3.05, 3.63) is 41.2 Å². The quantitative estimate of drug-likeness (QED) is 0.581. The topological polar surface area (TPSA) is 147 Å². The van der Waals surface area contributed by atoms with Gasteiger partial charge in [-0.2, -0.15) is 0 Å². The number of piperidine rings is 1. The predicted octanol–water partition coefficient (Wildman–Crippen LogP) is -0.0590. The van der Waals surface area contributed by atoms with E-state index in [1.165, 1.54) is 20.7 Å². The van der Waals surface area contributed by atoms with Crippen molar-refractivity contribution in [2.45, 2.75) is 38.0 Å². The maximum atomic E-state index is 12.9. The number of likely N-dealkylation sites (tertiary alicyclic amines) is 1. The summed E-state index contributed by atoms with van der Waals surface area (Å²) in [6.07, 6.45) is 1.71. The first-order chi connectivity index (χ1) is 17.2. The lowest BCUT2D eigenvalue weighted by Gasteiger charge is -2.29. The largest absolute Gasteiger partial charge is 0.444 e. The molecular weight excluding hydrogens is 470 g/mol. The van der Waals surface area contributed by atoms with Crippen LogP contribution in [0, 0.1) is 0 Å². The highest BCUT2D eigenvalue weighted by molar-refractivity contribution is 6.05. The van der Waals surface area contributed by atoms with E-state index in [1.54, 1.807) is 37.2 Å². The number of rotatable bonds is 4. The molecule has 3 aliphatic heterocycles. The molecule has 0 aliphatic carbocycles. The maximum Gasteiger partial charge on any atom is 0.409 e. The molecule has 2 saturated heterocycles. The van der Waals surface area contributed by atoms with Gasteiger partial charge in [-0.05, 0) is 30.2 Å². The number of benzene rings is 1. The molecule has 0 spiro atoms. The standard InChI is InChI=1S/C23H25N7O6/c1-27(2)23(35)36-15-7-8-28(11-15)22(34)17-12-30(26-25-17)14-3-4-16-13(9-14)10-29(21(16)33)18-5-6-19(31)24-20(18)32/h3-4,9,12,15,18H,5-8,10-11H2,1-2H3,(H,24,31,32). The van der Waals surface area contributed by atoms with Gasteiger partial charge in [0.15, 0.2) is 5.69 Å². The smallest absolute Gasteiger partial charge is 0.409 e. The molecule has 0 bridgehead atoms. The molecule has 13 nitrogen and oxygen atoms in total. The molecule has 5 amide bonds. The number of aromatic nitrogens is 3. The molecule has 188 valence electrons. The van der Waals surface area contributed by atoms with Gasteiger partial charge in [-0.3, -0.25) is 24.5 Å². The minimum absolute atomic E-state index is 0.149. The summed E-state index contributed by atoms with van der Waals surface area (Å²) in [7, 11) is 3.19. The second-order valence-corrected chi connectivity index (χ2v) is 9.23. The molecular formula is C23H25N7O6. The van der Waals surface area contributed by atoms with Gasteiger partial charge in [-0.1, -0.05) is 5.21 Å². The van der Waals surface area contributed by atoms with Gasteiger partial charge in [0.25, 0.3) is 11.8 Å². The van der Waals surface area contributed by atoms with E-state index >= 15 is 0 Å². The Bertz CT molecular complexity index is 1270. The van der Waals surface area contributed by atoms with Gasteiger partial charge in [-0.25, -0.2) is 9.48 Å². The van der Waals surface area contributed by atoms with Crippen LogP contribution < -0.4 is 5.32 Å². The van der Waals surface area contributed by atoms with Crippen molar-refractivity contribution in [3.8, 4) is 5.69 Å². The molecule has 13 heteroatoms. The lowest BCUT2D eigenvalue weighted by atomic mass is 10.0. The van der Waals surface area contributed by atoms with E-state index in [2.05, 4.69) is 15.6 Å². The minimum Gasteiger partial charge on any atom is -0.444 e. The third-order valence-corrected chi connectivity index (χ3v) is 6.55. The van der Waals surface area contributed by atoms with Crippen LogP contribution in [-0.2, 0) is 20.9 Å². The molecule has 0 radical (unpaired) electrons. The summed E-state index contributed by atoms with van der Waals surface area (Å²) in [5.41, 5.74) is 1.96. The van der Waals surface area contributed by atoms with Crippen molar-refractivity contribution in [2.75, 3.05) is 27.2 Å². The first kappa shape index (κ1) is 23.5. The first-order valence-corrected chi connectivity index (χ1v) is 11.6. The highest BCUT2D eigenvalue weighted by Crippen LogP contribution is 2.29. The zero-order valence-electron chi connectivity index (χ0n) is 19.8. The summed E-state index contributed by atoms with van der Waals surface area (Å²) in [6.45, 7) is 0.951. The van der Waals surface area contributed by atoms with Crippen LogP contribution in [0.15, 0.2) is 24.4 Å². The van der Waals surface area contributed by atoms with E-state index in [0.29, 0.717) is 24.2 Å². The molecule has 4 heterocycles. The molecule has 3 aliphatic rings. The van der Waals surface area contributed by atoms with E-state index in [1.807, 2.05) is 0 Å². The molecule has 5 rings (SSSR count). The second kappa shape index (κ2) is 9.06. The number of amides is 5. The van der Waals surface area contributed by atoms with Gasteiger partial charge < -0.3 is 19.4 Å². The third kappa shape index (κ3) is 4.27. The Kier molecular flexibility index (Phi) is 5.90. The number of carbonyl (C=O) groups excluding carboxylic acids is 5. The van der Waals surface area contributed by atoms with Crippen molar-refractivity contribution in [3.63, 3.8) is 0 Å². The Labute approximate surface area is 205 Å². The van der Waals surface area contributed by atoms with Crippen LogP contribution in [0.5, 0.6) is 0 Å². The highest BCUT2D eigenvalue weighted by Gasteiger charge is 2.39. The van der Waals surface area contributed by atoms with Crippen LogP contribution in [0.2, 0.25) is 0 Å². The van der Waals surface area contributed by atoms with Gasteiger partial charge in [0.05, 0.1) is 18.4 Å². The fourth-order valence-corrected chi connectivity index (χ4v) is 4.61. The molecule has 2 atom stereocenters. The van der Waals surface area contributed by atoms with E-state index in [4.69, 9.17) is 4.74 Å². The zero-order chi connectivity index (χ0) is 25.6. The monoisotopic (exact) mass is 495 g/mol. The Morgan fingerprint density at radius 2 is 1.97 bits per heavy atom. The molecule has 1 aromatic carbocycles. The number of hydrogen-bond acceptors (Lipinski definition) is 8. The first-order valence-electron chi connectivity index (χ1n) is 11.6. The maximum absolute atomic E-state index is 12.9. The van der Waals surface area contributed by atoms with E-state index in [9.17, 15) is 24.0 Å². The van der Waals surface area contributed by atoms with Crippen LogP contribution >= 0.6 is 0 Å². The average Bonchev–Trinajstić information content (AvgIpc) is 3.58. The molecule has 1 N–H and O–H groups in total. The Balaban J connectivity index is 1.27. The van der Waals surface area contributed by atoms with E-state index < -0.39 is 18.0 Å².